The molecule has 1 fully saturated rings. The molecule has 0 amide bonds. The maximum absolute atomic E-state index is 5.97. The lowest BCUT2D eigenvalue weighted by atomic mass is 10.1. The van der Waals surface area contributed by atoms with Crippen LogP contribution in [0.15, 0.2) is 53.6 Å². The summed E-state index contributed by atoms with van der Waals surface area (Å²) in [5.74, 6) is 2.08. The Hall–Kier alpha value is -3.43. The highest BCUT2D eigenvalue weighted by molar-refractivity contribution is 6.30. The Balaban J connectivity index is 1.58. The molecule has 0 spiro atoms. The van der Waals surface area contributed by atoms with Gasteiger partial charge >= 0.3 is 0 Å². The standard InChI is InChI=1S/C22H24ClN7O2/c1-15(16-3-5-17(23)6-4-16)28-29-21-25-20(24-18-7-9-19(31-2)10-8-18)26-22(27-21)30-11-13-32-14-12-30/h3-10H,11-14H2,1-2H3,(H2,24,25,26,27,29)/b28-15+. The number of morpholine rings is 1. The van der Waals surface area contributed by atoms with Crippen LogP contribution < -0.4 is 20.4 Å². The van der Waals surface area contributed by atoms with Gasteiger partial charge in [0.25, 0.3) is 0 Å². The highest BCUT2D eigenvalue weighted by Crippen LogP contribution is 2.21. The number of nitrogens with zero attached hydrogens (tertiary/aromatic N) is 5. The monoisotopic (exact) mass is 453 g/mol. The third-order valence-electron chi connectivity index (χ3n) is 4.85. The highest BCUT2D eigenvalue weighted by Gasteiger charge is 2.17. The van der Waals surface area contributed by atoms with Crippen molar-refractivity contribution < 1.29 is 9.47 Å². The van der Waals surface area contributed by atoms with Gasteiger partial charge in [0, 0.05) is 23.8 Å². The fourth-order valence-corrected chi connectivity index (χ4v) is 3.19. The Morgan fingerprint density at radius 1 is 1.00 bits per heavy atom. The van der Waals surface area contributed by atoms with E-state index in [9.17, 15) is 0 Å². The lowest BCUT2D eigenvalue weighted by Gasteiger charge is -2.27. The predicted octanol–water partition coefficient (Wildman–Crippen LogP) is 3.95. The van der Waals surface area contributed by atoms with Gasteiger partial charge in [0.15, 0.2) is 0 Å². The zero-order valence-electron chi connectivity index (χ0n) is 17.9. The average Bonchev–Trinajstić information content (AvgIpc) is 2.84. The summed E-state index contributed by atoms with van der Waals surface area (Å²) in [6.45, 7) is 4.57. The molecule has 0 saturated carbocycles. The van der Waals surface area contributed by atoms with Crippen LogP contribution in [0.4, 0.5) is 23.5 Å². The lowest BCUT2D eigenvalue weighted by Crippen LogP contribution is -2.37. The van der Waals surface area contributed by atoms with E-state index in [0.29, 0.717) is 49.2 Å². The Labute approximate surface area is 191 Å². The van der Waals surface area contributed by atoms with Crippen molar-refractivity contribution in [3.05, 3.63) is 59.1 Å². The van der Waals surface area contributed by atoms with E-state index in [4.69, 9.17) is 21.1 Å². The van der Waals surface area contributed by atoms with E-state index in [1.54, 1.807) is 7.11 Å². The number of methoxy groups -OCH3 is 1. The summed E-state index contributed by atoms with van der Waals surface area (Å²) < 4.78 is 10.7. The first-order valence-corrected chi connectivity index (χ1v) is 10.5. The first kappa shape index (κ1) is 21.8. The molecule has 3 aromatic rings. The number of anilines is 4. The van der Waals surface area contributed by atoms with E-state index in [-0.39, 0.29) is 0 Å². The van der Waals surface area contributed by atoms with Crippen LogP contribution in [0.25, 0.3) is 0 Å². The quantitative estimate of drug-likeness (QED) is 0.410. The minimum Gasteiger partial charge on any atom is -0.497 e. The van der Waals surface area contributed by atoms with Crippen LogP contribution in [0, 0.1) is 0 Å². The number of halogens is 1. The Kier molecular flexibility index (Phi) is 6.98. The fourth-order valence-electron chi connectivity index (χ4n) is 3.07. The van der Waals surface area contributed by atoms with Crippen LogP contribution in [-0.4, -0.2) is 54.1 Å². The number of aromatic nitrogens is 3. The predicted molar refractivity (Wildman–Crippen MR) is 126 cm³/mol. The van der Waals surface area contributed by atoms with E-state index in [1.165, 1.54) is 0 Å². The second kappa shape index (κ2) is 10.3. The van der Waals surface area contributed by atoms with Gasteiger partial charge in [-0.05, 0) is 48.9 Å². The van der Waals surface area contributed by atoms with Crippen molar-refractivity contribution in [2.45, 2.75) is 6.92 Å². The van der Waals surface area contributed by atoms with Gasteiger partial charge in [-0.15, -0.1) is 0 Å². The van der Waals surface area contributed by atoms with Gasteiger partial charge in [0.1, 0.15) is 5.75 Å². The first-order chi connectivity index (χ1) is 15.6. The molecule has 32 heavy (non-hydrogen) atoms. The zero-order valence-corrected chi connectivity index (χ0v) is 18.6. The number of hydrazone groups is 1. The van der Waals surface area contributed by atoms with Crippen LogP contribution in [0.1, 0.15) is 12.5 Å². The number of nitrogens with one attached hydrogen (secondary N) is 2. The molecule has 0 bridgehead atoms. The van der Waals surface area contributed by atoms with E-state index < -0.39 is 0 Å². The fraction of sp³-hybridized carbons (Fsp3) is 0.273. The number of hydrogen-bond acceptors (Lipinski definition) is 9. The molecular weight excluding hydrogens is 430 g/mol. The Bertz CT molecular complexity index is 1070. The second-order valence-electron chi connectivity index (χ2n) is 7.05. The van der Waals surface area contributed by atoms with Gasteiger partial charge in [-0.1, -0.05) is 23.7 Å². The number of ether oxygens (including phenoxy) is 2. The molecule has 0 unspecified atom stereocenters. The molecular formula is C22H24ClN7O2. The topological polar surface area (TPSA) is 96.8 Å². The van der Waals surface area contributed by atoms with Gasteiger partial charge in [-0.3, -0.25) is 0 Å². The van der Waals surface area contributed by atoms with Crippen molar-refractivity contribution in [2.24, 2.45) is 5.10 Å². The molecule has 1 saturated heterocycles. The summed E-state index contributed by atoms with van der Waals surface area (Å²) in [6, 6.07) is 15.0. The summed E-state index contributed by atoms with van der Waals surface area (Å²) in [5, 5.41) is 8.33. The van der Waals surface area contributed by atoms with Crippen LogP contribution >= 0.6 is 11.6 Å². The number of rotatable bonds is 7. The third-order valence-corrected chi connectivity index (χ3v) is 5.10. The van der Waals surface area contributed by atoms with Crippen molar-refractivity contribution >= 4 is 40.8 Å². The molecule has 10 heteroatoms. The Morgan fingerprint density at radius 3 is 2.38 bits per heavy atom. The normalized spacial score (nSPS) is 14.2. The highest BCUT2D eigenvalue weighted by atomic mass is 35.5. The van der Waals surface area contributed by atoms with E-state index in [2.05, 4.69) is 35.7 Å². The van der Waals surface area contributed by atoms with Gasteiger partial charge in [-0.25, -0.2) is 5.43 Å². The first-order valence-electron chi connectivity index (χ1n) is 10.2. The zero-order chi connectivity index (χ0) is 22.3. The summed E-state index contributed by atoms with van der Waals surface area (Å²) in [4.78, 5) is 15.7. The van der Waals surface area contributed by atoms with Crippen molar-refractivity contribution in [1.82, 2.24) is 15.0 Å². The van der Waals surface area contributed by atoms with Crippen molar-refractivity contribution in [2.75, 3.05) is 49.1 Å². The SMILES string of the molecule is COc1ccc(Nc2nc(N/N=C(\C)c3ccc(Cl)cc3)nc(N3CCOCC3)n2)cc1. The summed E-state index contributed by atoms with van der Waals surface area (Å²) in [6.07, 6.45) is 0. The number of benzene rings is 2. The molecule has 1 aliphatic rings. The van der Waals surface area contributed by atoms with E-state index in [1.807, 2.05) is 55.5 Å². The van der Waals surface area contributed by atoms with Crippen molar-refractivity contribution in [3.8, 4) is 5.75 Å². The Morgan fingerprint density at radius 2 is 1.69 bits per heavy atom. The summed E-state index contributed by atoms with van der Waals surface area (Å²) >= 11 is 5.97. The largest absolute Gasteiger partial charge is 0.497 e. The van der Waals surface area contributed by atoms with Gasteiger partial charge < -0.3 is 19.7 Å². The molecule has 1 aromatic heterocycles. The number of hydrogen-bond donors (Lipinski definition) is 2. The van der Waals surface area contributed by atoms with Crippen molar-refractivity contribution in [3.63, 3.8) is 0 Å². The average molecular weight is 454 g/mol. The maximum Gasteiger partial charge on any atom is 0.250 e. The molecule has 1 aliphatic heterocycles. The lowest BCUT2D eigenvalue weighted by molar-refractivity contribution is 0.122. The molecule has 2 heterocycles. The van der Waals surface area contributed by atoms with Crippen molar-refractivity contribution in [1.29, 1.82) is 0 Å². The molecule has 2 N–H and O–H groups in total. The van der Waals surface area contributed by atoms with Crippen LogP contribution in [0.2, 0.25) is 5.02 Å². The van der Waals surface area contributed by atoms with Crippen LogP contribution in [-0.2, 0) is 4.74 Å². The molecule has 166 valence electrons. The molecule has 9 nitrogen and oxygen atoms in total. The van der Waals surface area contributed by atoms with Gasteiger partial charge in [-0.2, -0.15) is 20.1 Å². The third kappa shape index (κ3) is 5.63. The molecule has 0 radical (unpaired) electrons. The van der Waals surface area contributed by atoms with E-state index in [0.717, 1.165) is 22.7 Å². The van der Waals surface area contributed by atoms with Crippen LogP contribution in [0.3, 0.4) is 0 Å². The molecule has 0 aliphatic carbocycles. The second-order valence-corrected chi connectivity index (χ2v) is 7.49. The molecule has 4 rings (SSSR count). The minimum atomic E-state index is 0.339. The summed E-state index contributed by atoms with van der Waals surface area (Å²) in [5.41, 5.74) is 5.51. The smallest absolute Gasteiger partial charge is 0.250 e. The van der Waals surface area contributed by atoms with Gasteiger partial charge in [0.2, 0.25) is 17.8 Å². The van der Waals surface area contributed by atoms with Gasteiger partial charge in [0.05, 0.1) is 26.0 Å². The maximum atomic E-state index is 5.97. The molecule has 2 aromatic carbocycles. The minimum absolute atomic E-state index is 0.339. The summed E-state index contributed by atoms with van der Waals surface area (Å²) in [7, 11) is 1.63. The molecule has 0 atom stereocenters. The van der Waals surface area contributed by atoms with Crippen LogP contribution in [0.5, 0.6) is 5.75 Å². The van der Waals surface area contributed by atoms with E-state index >= 15 is 0 Å².